The molecule has 0 saturated carbocycles. The lowest BCUT2D eigenvalue weighted by atomic mass is 10.1. The zero-order chi connectivity index (χ0) is 10.6. The van der Waals surface area contributed by atoms with E-state index >= 15 is 0 Å². The van der Waals surface area contributed by atoms with E-state index in [1.165, 1.54) is 22.8 Å². The smallest absolute Gasteiger partial charge is 0.302 e. The number of alkyl halides is 3. The van der Waals surface area contributed by atoms with Crippen LogP contribution in [0.3, 0.4) is 0 Å². The summed E-state index contributed by atoms with van der Waals surface area (Å²) in [5.74, 6) is 0. The second-order valence-corrected chi connectivity index (χ2v) is 3.77. The molecule has 0 saturated heterocycles. The first-order valence-corrected chi connectivity index (χ1v) is 5.32. The van der Waals surface area contributed by atoms with Gasteiger partial charge in [-0.3, -0.25) is 0 Å². The van der Waals surface area contributed by atoms with Crippen molar-refractivity contribution in [1.29, 1.82) is 0 Å². The summed E-state index contributed by atoms with van der Waals surface area (Å²) in [6.07, 6.45) is -3.52. The Morgan fingerprint density at radius 1 is 1.50 bits per heavy atom. The number of thiophene rings is 1. The van der Waals surface area contributed by atoms with Crippen LogP contribution in [0.2, 0.25) is 0 Å². The van der Waals surface area contributed by atoms with Crippen LogP contribution in [0.1, 0.15) is 24.9 Å². The van der Waals surface area contributed by atoms with Crippen molar-refractivity contribution in [3.05, 3.63) is 22.4 Å². The third kappa shape index (κ3) is 2.99. The van der Waals surface area contributed by atoms with Gasteiger partial charge in [-0.15, -0.1) is 0 Å². The van der Waals surface area contributed by atoms with E-state index in [0.29, 0.717) is 18.5 Å². The van der Waals surface area contributed by atoms with Crippen LogP contribution in [0.25, 0.3) is 0 Å². The molecule has 5 heteroatoms. The maximum Gasteiger partial charge on any atom is 0.407 e. The molecule has 0 bridgehead atoms. The highest BCUT2D eigenvalue weighted by molar-refractivity contribution is 7.07. The first-order chi connectivity index (χ1) is 6.55. The van der Waals surface area contributed by atoms with Crippen LogP contribution >= 0.6 is 11.3 Å². The summed E-state index contributed by atoms with van der Waals surface area (Å²) in [5.41, 5.74) is 0.302. The van der Waals surface area contributed by atoms with E-state index in [1.54, 1.807) is 5.38 Å². The van der Waals surface area contributed by atoms with Crippen LogP contribution in [-0.4, -0.2) is 12.7 Å². The highest BCUT2D eigenvalue weighted by atomic mass is 32.1. The van der Waals surface area contributed by atoms with Gasteiger partial charge in [-0.1, -0.05) is 6.92 Å². The topological polar surface area (TPSA) is 12.0 Å². The molecule has 1 heterocycles. The molecule has 1 nitrogen and oxygen atoms in total. The Morgan fingerprint density at radius 3 is 2.64 bits per heavy atom. The van der Waals surface area contributed by atoms with E-state index in [2.05, 4.69) is 5.32 Å². The van der Waals surface area contributed by atoms with Crippen molar-refractivity contribution in [2.45, 2.75) is 25.6 Å². The second kappa shape index (κ2) is 4.79. The number of halogens is 3. The molecule has 0 aliphatic rings. The van der Waals surface area contributed by atoms with Gasteiger partial charge in [0, 0.05) is 0 Å². The maximum atomic E-state index is 12.5. The molecule has 0 radical (unpaired) electrons. The molecule has 0 aliphatic heterocycles. The Morgan fingerprint density at radius 2 is 2.21 bits per heavy atom. The molecule has 1 unspecified atom stereocenters. The summed E-state index contributed by atoms with van der Waals surface area (Å²) in [4.78, 5) is 0. The third-order valence-electron chi connectivity index (χ3n) is 1.80. The predicted molar refractivity (Wildman–Crippen MR) is 51.4 cm³/mol. The molecule has 1 aromatic heterocycles. The Labute approximate surface area is 84.9 Å². The Kier molecular flexibility index (Phi) is 3.95. The van der Waals surface area contributed by atoms with Crippen molar-refractivity contribution in [2.75, 3.05) is 6.54 Å². The number of rotatable bonds is 4. The first kappa shape index (κ1) is 11.5. The largest absolute Gasteiger partial charge is 0.407 e. The van der Waals surface area contributed by atoms with Crippen molar-refractivity contribution in [3.8, 4) is 0 Å². The number of nitrogens with one attached hydrogen (secondary N) is 1. The fourth-order valence-electron chi connectivity index (χ4n) is 1.15. The molecule has 0 spiro atoms. The van der Waals surface area contributed by atoms with Gasteiger partial charge in [-0.05, 0) is 35.4 Å². The van der Waals surface area contributed by atoms with Gasteiger partial charge in [0.15, 0.2) is 0 Å². The molecule has 1 aromatic rings. The van der Waals surface area contributed by atoms with E-state index < -0.39 is 12.2 Å². The van der Waals surface area contributed by atoms with Gasteiger partial charge in [0.2, 0.25) is 0 Å². The molecule has 0 aromatic carbocycles. The van der Waals surface area contributed by atoms with Crippen LogP contribution in [0.15, 0.2) is 16.8 Å². The zero-order valence-corrected chi connectivity index (χ0v) is 8.58. The van der Waals surface area contributed by atoms with Crippen molar-refractivity contribution < 1.29 is 13.2 Å². The summed E-state index contributed by atoms with van der Waals surface area (Å²) in [6.45, 7) is 2.22. The molecule has 1 atom stereocenters. The summed E-state index contributed by atoms with van der Waals surface area (Å²) >= 11 is 1.28. The van der Waals surface area contributed by atoms with Gasteiger partial charge in [0.25, 0.3) is 0 Å². The van der Waals surface area contributed by atoms with Gasteiger partial charge in [0.05, 0.1) is 0 Å². The molecular weight excluding hydrogens is 211 g/mol. The quantitative estimate of drug-likeness (QED) is 0.825. The molecular formula is C9H12F3NS. The lowest BCUT2D eigenvalue weighted by molar-refractivity contribution is -0.157. The van der Waals surface area contributed by atoms with Crippen LogP contribution in [0, 0.1) is 0 Å². The van der Waals surface area contributed by atoms with E-state index in [0.717, 1.165) is 0 Å². The third-order valence-corrected chi connectivity index (χ3v) is 2.50. The number of hydrogen-bond acceptors (Lipinski definition) is 2. The zero-order valence-electron chi connectivity index (χ0n) is 7.77. The van der Waals surface area contributed by atoms with Crippen LogP contribution in [-0.2, 0) is 0 Å². The van der Waals surface area contributed by atoms with Crippen molar-refractivity contribution in [1.82, 2.24) is 5.32 Å². The molecule has 80 valence electrons. The van der Waals surface area contributed by atoms with Gasteiger partial charge < -0.3 is 5.32 Å². The standard InChI is InChI=1S/C9H12F3NS/c1-2-4-13-8(9(10,11)12)7-3-5-14-6-7/h3,5-6,8,13H,2,4H2,1H3. The van der Waals surface area contributed by atoms with Crippen molar-refractivity contribution in [3.63, 3.8) is 0 Å². The average molecular weight is 223 g/mol. The van der Waals surface area contributed by atoms with Crippen molar-refractivity contribution in [2.24, 2.45) is 0 Å². The summed E-state index contributed by atoms with van der Waals surface area (Å²) < 4.78 is 37.6. The summed E-state index contributed by atoms with van der Waals surface area (Å²) in [7, 11) is 0. The summed E-state index contributed by atoms with van der Waals surface area (Å²) in [6, 6.07) is -0.0143. The fraction of sp³-hybridized carbons (Fsp3) is 0.556. The Bertz CT molecular complexity index is 256. The minimum absolute atomic E-state index is 0.302. The van der Waals surface area contributed by atoms with E-state index in [9.17, 15) is 13.2 Å². The molecule has 0 amide bonds. The minimum Gasteiger partial charge on any atom is -0.302 e. The lowest BCUT2D eigenvalue weighted by Gasteiger charge is -2.20. The second-order valence-electron chi connectivity index (χ2n) is 2.99. The molecule has 1 N–H and O–H groups in total. The predicted octanol–water partition coefficient (Wildman–Crippen LogP) is 3.35. The van der Waals surface area contributed by atoms with Crippen molar-refractivity contribution >= 4 is 11.3 Å². The van der Waals surface area contributed by atoms with Gasteiger partial charge in [0.1, 0.15) is 6.04 Å². The molecule has 1 rings (SSSR count). The van der Waals surface area contributed by atoms with E-state index in [1.807, 2.05) is 6.92 Å². The SMILES string of the molecule is CCCNC(c1ccsc1)C(F)(F)F. The fourth-order valence-corrected chi connectivity index (χ4v) is 1.84. The highest BCUT2D eigenvalue weighted by Gasteiger charge is 2.40. The first-order valence-electron chi connectivity index (χ1n) is 4.38. The molecule has 0 aliphatic carbocycles. The Balaban J connectivity index is 2.73. The molecule has 0 fully saturated rings. The van der Waals surface area contributed by atoms with E-state index in [4.69, 9.17) is 0 Å². The van der Waals surface area contributed by atoms with Gasteiger partial charge in [-0.2, -0.15) is 24.5 Å². The minimum atomic E-state index is -4.21. The number of hydrogen-bond donors (Lipinski definition) is 1. The van der Waals surface area contributed by atoms with Crippen LogP contribution in [0.5, 0.6) is 0 Å². The van der Waals surface area contributed by atoms with Gasteiger partial charge >= 0.3 is 6.18 Å². The van der Waals surface area contributed by atoms with Gasteiger partial charge in [-0.25, -0.2) is 0 Å². The lowest BCUT2D eigenvalue weighted by Crippen LogP contribution is -2.34. The Hall–Kier alpha value is -0.550. The van der Waals surface area contributed by atoms with Crippen LogP contribution < -0.4 is 5.32 Å². The van der Waals surface area contributed by atoms with E-state index in [-0.39, 0.29) is 0 Å². The molecule has 14 heavy (non-hydrogen) atoms. The maximum absolute atomic E-state index is 12.5. The average Bonchev–Trinajstić information content (AvgIpc) is 2.55. The monoisotopic (exact) mass is 223 g/mol. The summed E-state index contributed by atoms with van der Waals surface area (Å²) in [5, 5.41) is 5.68. The highest BCUT2D eigenvalue weighted by Crippen LogP contribution is 2.33. The normalized spacial score (nSPS) is 14.3. The van der Waals surface area contributed by atoms with Crippen LogP contribution in [0.4, 0.5) is 13.2 Å².